The third kappa shape index (κ3) is 4.88. The Bertz CT molecular complexity index is 651. The molecule has 2 aromatic rings. The second kappa shape index (κ2) is 7.87. The summed E-state index contributed by atoms with van der Waals surface area (Å²) < 4.78 is 0. The lowest BCUT2D eigenvalue weighted by Gasteiger charge is -2.08. The average Bonchev–Trinajstić information content (AvgIpc) is 2.56. The van der Waals surface area contributed by atoms with Crippen LogP contribution < -0.4 is 0 Å². The maximum absolute atomic E-state index is 11.9. The Balaban J connectivity index is 2.02. The summed E-state index contributed by atoms with van der Waals surface area (Å²) in [5.41, 5.74) is 4.39. The zero-order chi connectivity index (χ0) is 16.8. The first-order valence-corrected chi connectivity index (χ1v) is 8.16. The molecule has 0 saturated carbocycles. The van der Waals surface area contributed by atoms with E-state index in [1.165, 1.54) is 16.7 Å². The van der Waals surface area contributed by atoms with Gasteiger partial charge in [0.05, 0.1) is 0 Å². The smallest absolute Gasteiger partial charge is 0.165 e. The number of carbonyl (C=O) groups excluding carboxylic acids is 2. The fourth-order valence-electron chi connectivity index (χ4n) is 2.57. The van der Waals surface area contributed by atoms with E-state index in [1.54, 1.807) is 0 Å². The van der Waals surface area contributed by atoms with E-state index in [0.717, 1.165) is 24.7 Å². The Morgan fingerprint density at radius 3 is 1.83 bits per heavy atom. The van der Waals surface area contributed by atoms with Gasteiger partial charge in [-0.05, 0) is 29.5 Å². The average molecular weight is 308 g/mol. The SMILES string of the molecule is CC(C=O)Cc1ccc(Cc2ccc(C(=O)C(C)C)cc2)cc1. The van der Waals surface area contributed by atoms with Crippen LogP contribution in [0, 0.1) is 11.8 Å². The molecule has 0 bridgehead atoms. The van der Waals surface area contributed by atoms with Crippen molar-refractivity contribution in [1.29, 1.82) is 0 Å². The van der Waals surface area contributed by atoms with Gasteiger partial charge in [-0.25, -0.2) is 0 Å². The molecule has 0 aliphatic rings. The van der Waals surface area contributed by atoms with Crippen molar-refractivity contribution in [1.82, 2.24) is 0 Å². The number of Topliss-reactive ketones (excluding diaryl/α,β-unsaturated/α-hetero) is 1. The molecule has 2 nitrogen and oxygen atoms in total. The van der Waals surface area contributed by atoms with Crippen molar-refractivity contribution in [2.45, 2.75) is 33.6 Å². The van der Waals surface area contributed by atoms with Gasteiger partial charge in [-0.15, -0.1) is 0 Å². The second-order valence-corrected chi connectivity index (χ2v) is 6.53. The summed E-state index contributed by atoms with van der Waals surface area (Å²) in [7, 11) is 0. The molecule has 2 heteroatoms. The minimum Gasteiger partial charge on any atom is -0.303 e. The monoisotopic (exact) mass is 308 g/mol. The summed E-state index contributed by atoms with van der Waals surface area (Å²) >= 11 is 0. The van der Waals surface area contributed by atoms with E-state index in [9.17, 15) is 9.59 Å². The topological polar surface area (TPSA) is 34.1 Å². The summed E-state index contributed by atoms with van der Waals surface area (Å²) in [6.07, 6.45) is 2.63. The van der Waals surface area contributed by atoms with Gasteiger partial charge in [0.1, 0.15) is 6.29 Å². The highest BCUT2D eigenvalue weighted by molar-refractivity contribution is 5.97. The molecule has 0 spiro atoms. The first-order chi connectivity index (χ1) is 11.0. The van der Waals surface area contributed by atoms with E-state index in [-0.39, 0.29) is 17.6 Å². The Hall–Kier alpha value is -2.22. The molecule has 0 N–H and O–H groups in total. The highest BCUT2D eigenvalue weighted by atomic mass is 16.1. The molecule has 2 rings (SSSR count). The summed E-state index contributed by atoms with van der Waals surface area (Å²) in [5.74, 6) is 0.277. The van der Waals surface area contributed by atoms with Crippen LogP contribution in [-0.2, 0) is 17.6 Å². The Morgan fingerprint density at radius 2 is 1.35 bits per heavy atom. The van der Waals surface area contributed by atoms with E-state index in [2.05, 4.69) is 24.3 Å². The highest BCUT2D eigenvalue weighted by Crippen LogP contribution is 2.15. The van der Waals surface area contributed by atoms with Crippen molar-refractivity contribution in [2.75, 3.05) is 0 Å². The third-order valence-electron chi connectivity index (χ3n) is 3.98. The lowest BCUT2D eigenvalue weighted by Crippen LogP contribution is -2.07. The number of carbonyl (C=O) groups is 2. The van der Waals surface area contributed by atoms with Crippen LogP contribution >= 0.6 is 0 Å². The van der Waals surface area contributed by atoms with Crippen LogP contribution in [0.3, 0.4) is 0 Å². The molecule has 2 aromatic carbocycles. The second-order valence-electron chi connectivity index (χ2n) is 6.53. The normalized spacial score (nSPS) is 12.2. The van der Waals surface area contributed by atoms with Crippen LogP contribution in [-0.4, -0.2) is 12.1 Å². The van der Waals surface area contributed by atoms with Crippen molar-refractivity contribution < 1.29 is 9.59 Å². The van der Waals surface area contributed by atoms with Gasteiger partial charge < -0.3 is 4.79 Å². The van der Waals surface area contributed by atoms with Gasteiger partial charge in [0, 0.05) is 17.4 Å². The number of hydrogen-bond donors (Lipinski definition) is 0. The molecule has 0 heterocycles. The fourth-order valence-corrected chi connectivity index (χ4v) is 2.57. The third-order valence-corrected chi connectivity index (χ3v) is 3.98. The van der Waals surface area contributed by atoms with Crippen LogP contribution in [0.4, 0.5) is 0 Å². The van der Waals surface area contributed by atoms with Gasteiger partial charge in [-0.2, -0.15) is 0 Å². The van der Waals surface area contributed by atoms with Crippen LogP contribution in [0.1, 0.15) is 47.8 Å². The van der Waals surface area contributed by atoms with Crippen molar-refractivity contribution in [3.8, 4) is 0 Å². The molecule has 23 heavy (non-hydrogen) atoms. The predicted octanol–water partition coefficient (Wildman–Crippen LogP) is 4.49. The standard InChI is InChI=1S/C21H24O2/c1-15(2)21(23)20-10-8-19(9-11-20)13-18-6-4-17(5-7-18)12-16(3)14-22/h4-11,14-16H,12-13H2,1-3H3. The zero-order valence-electron chi connectivity index (χ0n) is 14.1. The maximum atomic E-state index is 11.9. The van der Waals surface area contributed by atoms with Crippen molar-refractivity contribution in [3.05, 3.63) is 70.8 Å². The molecule has 0 fully saturated rings. The molecule has 120 valence electrons. The van der Waals surface area contributed by atoms with Gasteiger partial charge in [0.25, 0.3) is 0 Å². The quantitative estimate of drug-likeness (QED) is 0.558. The lowest BCUT2D eigenvalue weighted by atomic mass is 9.97. The zero-order valence-corrected chi connectivity index (χ0v) is 14.1. The summed E-state index contributed by atoms with van der Waals surface area (Å²) in [6, 6.07) is 16.3. The number of benzene rings is 2. The van der Waals surface area contributed by atoms with Gasteiger partial charge in [0.15, 0.2) is 5.78 Å². The molecular weight excluding hydrogens is 284 g/mol. The molecule has 0 amide bonds. The molecule has 0 aliphatic carbocycles. The minimum atomic E-state index is 0.0298. The molecular formula is C21H24O2. The Kier molecular flexibility index (Phi) is 5.86. The largest absolute Gasteiger partial charge is 0.303 e. The predicted molar refractivity (Wildman–Crippen MR) is 93.8 cm³/mol. The van der Waals surface area contributed by atoms with Crippen molar-refractivity contribution in [3.63, 3.8) is 0 Å². The lowest BCUT2D eigenvalue weighted by molar-refractivity contribution is -0.110. The molecule has 0 saturated heterocycles. The van der Waals surface area contributed by atoms with E-state index < -0.39 is 0 Å². The molecule has 1 atom stereocenters. The summed E-state index contributed by atoms with van der Waals surface area (Å²) in [6.45, 7) is 5.77. The number of rotatable bonds is 7. The van der Waals surface area contributed by atoms with E-state index in [4.69, 9.17) is 0 Å². The van der Waals surface area contributed by atoms with Crippen molar-refractivity contribution >= 4 is 12.1 Å². The van der Waals surface area contributed by atoms with Crippen molar-refractivity contribution in [2.24, 2.45) is 11.8 Å². The van der Waals surface area contributed by atoms with Crippen LogP contribution in [0.2, 0.25) is 0 Å². The fraction of sp³-hybridized carbons (Fsp3) is 0.333. The Labute approximate surface area is 138 Å². The van der Waals surface area contributed by atoms with E-state index in [1.807, 2.05) is 45.0 Å². The molecule has 0 aromatic heterocycles. The number of ketones is 1. The molecule has 0 radical (unpaired) electrons. The first-order valence-electron chi connectivity index (χ1n) is 8.16. The maximum Gasteiger partial charge on any atom is 0.165 e. The van der Waals surface area contributed by atoms with Crippen LogP contribution in [0.25, 0.3) is 0 Å². The van der Waals surface area contributed by atoms with Gasteiger partial charge in [-0.1, -0.05) is 69.3 Å². The van der Waals surface area contributed by atoms with Gasteiger partial charge >= 0.3 is 0 Å². The first kappa shape index (κ1) is 17.1. The number of aldehydes is 1. The van der Waals surface area contributed by atoms with Crippen LogP contribution in [0.15, 0.2) is 48.5 Å². The summed E-state index contributed by atoms with van der Waals surface area (Å²) in [4.78, 5) is 22.7. The minimum absolute atomic E-state index is 0.0298. The van der Waals surface area contributed by atoms with E-state index >= 15 is 0 Å². The summed E-state index contributed by atoms with van der Waals surface area (Å²) in [5, 5.41) is 0. The van der Waals surface area contributed by atoms with Gasteiger partial charge in [-0.3, -0.25) is 4.79 Å². The molecule has 0 aliphatic heterocycles. The van der Waals surface area contributed by atoms with E-state index in [0.29, 0.717) is 0 Å². The van der Waals surface area contributed by atoms with Gasteiger partial charge in [0.2, 0.25) is 0 Å². The Morgan fingerprint density at radius 1 is 0.870 bits per heavy atom. The van der Waals surface area contributed by atoms with Crippen LogP contribution in [0.5, 0.6) is 0 Å². The molecule has 1 unspecified atom stereocenters. The highest BCUT2D eigenvalue weighted by Gasteiger charge is 2.10. The number of hydrogen-bond acceptors (Lipinski definition) is 2.